The summed E-state index contributed by atoms with van der Waals surface area (Å²) in [4.78, 5) is 6.59. The Kier molecular flexibility index (Phi) is 4.23. The minimum atomic E-state index is -0.259. The molecule has 1 unspecified atom stereocenters. The molecule has 2 heterocycles. The van der Waals surface area contributed by atoms with Crippen molar-refractivity contribution in [3.05, 3.63) is 17.8 Å². The Bertz CT molecular complexity index is 448. The number of aliphatic hydroxyl groups excluding tert-OH is 1. The average Bonchev–Trinajstić information content (AvgIpc) is 2.75. The van der Waals surface area contributed by atoms with Gasteiger partial charge in [0.1, 0.15) is 5.76 Å². The lowest BCUT2D eigenvalue weighted by Crippen LogP contribution is -2.53. The number of oxazole rings is 1. The summed E-state index contributed by atoms with van der Waals surface area (Å²) in [6.07, 6.45) is 1.67. The molecule has 1 saturated heterocycles. The lowest BCUT2D eigenvalue weighted by Gasteiger charge is -2.41. The maximum absolute atomic E-state index is 9.33. The van der Waals surface area contributed by atoms with E-state index in [2.05, 4.69) is 30.7 Å². The maximum atomic E-state index is 9.33. The van der Waals surface area contributed by atoms with Crippen LogP contribution in [0.15, 0.2) is 10.6 Å². The van der Waals surface area contributed by atoms with E-state index < -0.39 is 0 Å². The highest BCUT2D eigenvalue weighted by molar-refractivity contribution is 5.06. The molecule has 1 aromatic heterocycles. The molecule has 1 atom stereocenters. The summed E-state index contributed by atoms with van der Waals surface area (Å²) in [6.45, 7) is 12.6. The third-order valence-electron chi connectivity index (χ3n) is 3.41. The van der Waals surface area contributed by atoms with Gasteiger partial charge in [-0.3, -0.25) is 4.90 Å². The molecule has 1 aliphatic heterocycles. The van der Waals surface area contributed by atoms with Crippen LogP contribution in [0.3, 0.4) is 0 Å². The molecule has 1 aliphatic rings. The predicted molar refractivity (Wildman–Crippen MR) is 76.5 cm³/mol. The Morgan fingerprint density at radius 3 is 2.70 bits per heavy atom. The smallest absolute Gasteiger partial charge is 0.208 e. The van der Waals surface area contributed by atoms with Crippen LogP contribution in [0, 0.1) is 0 Å². The van der Waals surface area contributed by atoms with Crippen LogP contribution in [0.1, 0.15) is 46.3 Å². The molecule has 0 aromatic carbocycles. The maximum Gasteiger partial charge on any atom is 0.208 e. The van der Waals surface area contributed by atoms with Crippen molar-refractivity contribution in [3.8, 4) is 0 Å². The highest BCUT2D eigenvalue weighted by atomic mass is 16.5. The van der Waals surface area contributed by atoms with E-state index in [1.165, 1.54) is 0 Å². The molecule has 5 heteroatoms. The van der Waals surface area contributed by atoms with Crippen LogP contribution in [0.4, 0.5) is 0 Å². The molecule has 20 heavy (non-hydrogen) atoms. The fourth-order valence-corrected chi connectivity index (χ4v) is 2.55. The first-order valence-electron chi connectivity index (χ1n) is 7.16. The number of ether oxygens (including phenoxy) is 1. The molecule has 5 nitrogen and oxygen atoms in total. The van der Waals surface area contributed by atoms with E-state index in [-0.39, 0.29) is 23.7 Å². The van der Waals surface area contributed by atoms with E-state index >= 15 is 0 Å². The zero-order valence-electron chi connectivity index (χ0n) is 13.1. The molecule has 1 N–H and O–H groups in total. The van der Waals surface area contributed by atoms with Gasteiger partial charge in [-0.2, -0.15) is 0 Å². The molecule has 1 fully saturated rings. The van der Waals surface area contributed by atoms with Gasteiger partial charge < -0.3 is 14.3 Å². The summed E-state index contributed by atoms with van der Waals surface area (Å²) in [5.74, 6) is 1.63. The van der Waals surface area contributed by atoms with Gasteiger partial charge in [0.2, 0.25) is 5.89 Å². The Hall–Kier alpha value is -0.910. The van der Waals surface area contributed by atoms with Crippen LogP contribution in [0.25, 0.3) is 0 Å². The monoisotopic (exact) mass is 282 g/mol. The summed E-state index contributed by atoms with van der Waals surface area (Å²) < 4.78 is 11.6. The van der Waals surface area contributed by atoms with Crippen molar-refractivity contribution in [1.82, 2.24) is 9.88 Å². The third kappa shape index (κ3) is 3.81. The van der Waals surface area contributed by atoms with Gasteiger partial charge in [-0.05, 0) is 13.8 Å². The summed E-state index contributed by atoms with van der Waals surface area (Å²) in [6, 6.07) is 0. The van der Waals surface area contributed by atoms with Crippen LogP contribution in [-0.4, -0.2) is 46.4 Å². The second kappa shape index (κ2) is 5.47. The second-order valence-corrected chi connectivity index (χ2v) is 7.22. The number of morpholine rings is 1. The van der Waals surface area contributed by atoms with E-state index in [1.54, 1.807) is 0 Å². The number of aliphatic hydroxyl groups is 1. The van der Waals surface area contributed by atoms with Gasteiger partial charge in [-0.1, -0.05) is 20.8 Å². The lowest BCUT2D eigenvalue weighted by atomic mass is 9.94. The molecule has 0 amide bonds. The number of hydrogen-bond acceptors (Lipinski definition) is 5. The SMILES string of the molecule is CC1(C)CN(Cc2ncc(C(C)(C)C)o2)CC(CO)O1. The van der Waals surface area contributed by atoms with Crippen molar-refractivity contribution in [3.63, 3.8) is 0 Å². The van der Waals surface area contributed by atoms with E-state index in [0.29, 0.717) is 13.1 Å². The summed E-state index contributed by atoms with van der Waals surface area (Å²) in [5.41, 5.74) is -0.283. The minimum Gasteiger partial charge on any atom is -0.444 e. The van der Waals surface area contributed by atoms with E-state index in [4.69, 9.17) is 9.15 Å². The highest BCUT2D eigenvalue weighted by Crippen LogP contribution is 2.25. The molecule has 1 aromatic rings. The van der Waals surface area contributed by atoms with E-state index in [1.807, 2.05) is 20.0 Å². The summed E-state index contributed by atoms with van der Waals surface area (Å²) >= 11 is 0. The van der Waals surface area contributed by atoms with Crippen molar-refractivity contribution in [1.29, 1.82) is 0 Å². The third-order valence-corrected chi connectivity index (χ3v) is 3.41. The van der Waals surface area contributed by atoms with Crippen molar-refractivity contribution in [2.24, 2.45) is 0 Å². The molecular formula is C15H26N2O3. The van der Waals surface area contributed by atoms with Crippen molar-refractivity contribution in [2.75, 3.05) is 19.7 Å². The zero-order chi connectivity index (χ0) is 15.0. The van der Waals surface area contributed by atoms with Gasteiger partial charge in [0, 0.05) is 18.5 Å². The number of rotatable bonds is 3. The fraction of sp³-hybridized carbons (Fsp3) is 0.800. The van der Waals surface area contributed by atoms with Gasteiger partial charge in [-0.15, -0.1) is 0 Å². The highest BCUT2D eigenvalue weighted by Gasteiger charge is 2.33. The molecule has 114 valence electrons. The Morgan fingerprint density at radius 1 is 1.45 bits per heavy atom. The van der Waals surface area contributed by atoms with Crippen molar-refractivity contribution < 1.29 is 14.3 Å². The molecular weight excluding hydrogens is 256 g/mol. The van der Waals surface area contributed by atoms with Crippen LogP contribution in [-0.2, 0) is 16.7 Å². The Morgan fingerprint density at radius 2 is 2.15 bits per heavy atom. The van der Waals surface area contributed by atoms with Gasteiger partial charge in [0.15, 0.2) is 0 Å². The van der Waals surface area contributed by atoms with Gasteiger partial charge in [-0.25, -0.2) is 4.98 Å². The zero-order valence-corrected chi connectivity index (χ0v) is 13.1. The van der Waals surface area contributed by atoms with E-state index in [9.17, 15) is 5.11 Å². The molecule has 2 rings (SSSR count). The van der Waals surface area contributed by atoms with Crippen LogP contribution < -0.4 is 0 Å². The Balaban J connectivity index is 2.04. The topological polar surface area (TPSA) is 58.7 Å². The molecule has 0 aliphatic carbocycles. The summed E-state index contributed by atoms with van der Waals surface area (Å²) in [5, 5.41) is 9.33. The molecule has 0 spiro atoms. The summed E-state index contributed by atoms with van der Waals surface area (Å²) in [7, 11) is 0. The lowest BCUT2D eigenvalue weighted by molar-refractivity contribution is -0.151. The number of aromatic nitrogens is 1. The fourth-order valence-electron chi connectivity index (χ4n) is 2.55. The van der Waals surface area contributed by atoms with Crippen LogP contribution in [0.5, 0.6) is 0 Å². The van der Waals surface area contributed by atoms with Gasteiger partial charge in [0.25, 0.3) is 0 Å². The Labute approximate surface area is 120 Å². The van der Waals surface area contributed by atoms with Gasteiger partial charge in [0.05, 0.1) is 31.1 Å². The van der Waals surface area contributed by atoms with Gasteiger partial charge >= 0.3 is 0 Å². The first-order chi connectivity index (χ1) is 9.19. The first kappa shape index (κ1) is 15.5. The number of nitrogens with zero attached hydrogens (tertiary/aromatic N) is 2. The number of hydrogen-bond donors (Lipinski definition) is 1. The quantitative estimate of drug-likeness (QED) is 0.918. The van der Waals surface area contributed by atoms with E-state index in [0.717, 1.165) is 18.2 Å². The largest absolute Gasteiger partial charge is 0.444 e. The van der Waals surface area contributed by atoms with Crippen molar-refractivity contribution >= 4 is 0 Å². The molecule has 0 radical (unpaired) electrons. The predicted octanol–water partition coefficient (Wildman–Crippen LogP) is 1.94. The minimum absolute atomic E-state index is 0.0246. The van der Waals surface area contributed by atoms with Crippen LogP contribution >= 0.6 is 0 Å². The van der Waals surface area contributed by atoms with Crippen LogP contribution in [0.2, 0.25) is 0 Å². The average molecular weight is 282 g/mol. The first-order valence-corrected chi connectivity index (χ1v) is 7.16. The van der Waals surface area contributed by atoms with Crippen molar-refractivity contribution in [2.45, 2.75) is 58.3 Å². The normalized spacial score (nSPS) is 24.0. The molecule has 0 saturated carbocycles. The standard InChI is InChI=1S/C15H26N2O3/c1-14(2,3)12-6-16-13(19-12)8-17-7-11(9-18)20-15(4,5)10-17/h6,11,18H,7-10H2,1-5H3. The molecule has 0 bridgehead atoms. The second-order valence-electron chi connectivity index (χ2n) is 7.22.